The van der Waals surface area contributed by atoms with Crippen molar-refractivity contribution >= 4 is 23.2 Å². The summed E-state index contributed by atoms with van der Waals surface area (Å²) in [6.07, 6.45) is -0.141. The third-order valence-corrected chi connectivity index (χ3v) is 4.23. The second kappa shape index (κ2) is 9.76. The molecule has 0 aliphatic heterocycles. The van der Waals surface area contributed by atoms with Gasteiger partial charge in [0.05, 0.1) is 25.3 Å². The molecule has 2 aromatic rings. The van der Waals surface area contributed by atoms with Gasteiger partial charge in [-0.3, -0.25) is 4.79 Å². The van der Waals surface area contributed by atoms with Crippen LogP contribution in [0.25, 0.3) is 0 Å². The zero-order valence-electron chi connectivity index (χ0n) is 14.7. The van der Waals surface area contributed by atoms with E-state index in [2.05, 4.69) is 10.3 Å². The van der Waals surface area contributed by atoms with E-state index in [1.54, 1.807) is 5.38 Å². The summed E-state index contributed by atoms with van der Waals surface area (Å²) in [4.78, 5) is 26.7. The van der Waals surface area contributed by atoms with E-state index in [1.807, 2.05) is 32.0 Å². The first-order chi connectivity index (χ1) is 12.5. The molecule has 7 nitrogen and oxygen atoms in total. The Labute approximate surface area is 156 Å². The third-order valence-electron chi connectivity index (χ3n) is 3.33. The summed E-state index contributed by atoms with van der Waals surface area (Å²) >= 11 is 1.26. The van der Waals surface area contributed by atoms with Gasteiger partial charge in [0.2, 0.25) is 5.91 Å². The smallest absolute Gasteiger partial charge is 0.227 e. The zero-order valence-corrected chi connectivity index (χ0v) is 15.6. The highest BCUT2D eigenvalue weighted by atomic mass is 32.1. The van der Waals surface area contributed by atoms with Crippen LogP contribution in [-0.2, 0) is 29.0 Å². The highest BCUT2D eigenvalue weighted by molar-refractivity contribution is 7.09. The van der Waals surface area contributed by atoms with E-state index in [1.165, 1.54) is 11.3 Å². The number of aromatic nitrogens is 1. The summed E-state index contributed by atoms with van der Waals surface area (Å²) in [5, 5.41) is 15.6. The first-order valence-corrected chi connectivity index (χ1v) is 9.18. The molecule has 0 bridgehead atoms. The number of hydrogen-bond donors (Lipinski definition) is 1. The molecule has 1 aromatic carbocycles. The number of carboxylic acid groups (broad SMARTS) is 1. The van der Waals surface area contributed by atoms with Crippen LogP contribution < -0.4 is 19.9 Å². The molecule has 0 fully saturated rings. The SMILES string of the molecule is CCOc1ccc(CNC(=O)Cc2nc(CC(=O)[O-])cs2)cc1OCC. The van der Waals surface area contributed by atoms with Gasteiger partial charge in [-0.05, 0) is 31.5 Å². The molecule has 0 unspecified atom stereocenters. The van der Waals surface area contributed by atoms with Crippen LogP contribution in [0.1, 0.15) is 30.1 Å². The zero-order chi connectivity index (χ0) is 18.9. The highest BCUT2D eigenvalue weighted by Crippen LogP contribution is 2.28. The van der Waals surface area contributed by atoms with Gasteiger partial charge in [-0.1, -0.05) is 6.07 Å². The van der Waals surface area contributed by atoms with Gasteiger partial charge in [0.15, 0.2) is 11.5 Å². The van der Waals surface area contributed by atoms with E-state index in [0.29, 0.717) is 42.0 Å². The molecule has 0 atom stereocenters. The number of carbonyl (C=O) groups is 2. The van der Waals surface area contributed by atoms with E-state index >= 15 is 0 Å². The predicted molar refractivity (Wildman–Crippen MR) is 95.2 cm³/mol. The average molecular weight is 377 g/mol. The maximum atomic E-state index is 12.1. The fourth-order valence-corrected chi connectivity index (χ4v) is 3.06. The van der Waals surface area contributed by atoms with Crippen LogP contribution in [0, 0.1) is 0 Å². The van der Waals surface area contributed by atoms with Crippen molar-refractivity contribution in [3.63, 3.8) is 0 Å². The van der Waals surface area contributed by atoms with Crippen LogP contribution in [0.3, 0.4) is 0 Å². The molecule has 0 aliphatic carbocycles. The van der Waals surface area contributed by atoms with Crippen LogP contribution in [0.15, 0.2) is 23.6 Å². The first kappa shape index (κ1) is 19.7. The summed E-state index contributed by atoms with van der Waals surface area (Å²) < 4.78 is 11.1. The molecule has 0 spiro atoms. The Bertz CT molecular complexity index is 760. The molecule has 0 saturated heterocycles. The Morgan fingerprint density at radius 3 is 2.58 bits per heavy atom. The molecule has 140 valence electrons. The normalized spacial score (nSPS) is 10.4. The fraction of sp³-hybridized carbons (Fsp3) is 0.389. The number of rotatable bonds is 10. The molecule has 8 heteroatoms. The molecular weight excluding hydrogens is 356 g/mol. The largest absolute Gasteiger partial charge is 0.550 e. The molecule has 0 aliphatic rings. The molecule has 1 aromatic heterocycles. The van der Waals surface area contributed by atoms with Gasteiger partial charge in [-0.25, -0.2) is 4.98 Å². The minimum absolute atomic E-state index is 0.104. The predicted octanol–water partition coefficient (Wildman–Crippen LogP) is 1.09. The Hall–Kier alpha value is -2.61. The van der Waals surface area contributed by atoms with Gasteiger partial charge in [0.1, 0.15) is 5.01 Å². The standard InChI is InChI=1S/C18H22N2O5S/c1-3-24-14-6-5-12(7-15(14)25-4-2)10-19-16(21)9-17-20-13(11-26-17)8-18(22)23/h5-7,11H,3-4,8-10H2,1-2H3,(H,19,21)(H,22,23)/p-1. The summed E-state index contributed by atoms with van der Waals surface area (Å²) in [6.45, 7) is 5.22. The van der Waals surface area contributed by atoms with E-state index < -0.39 is 5.97 Å². The second-order valence-electron chi connectivity index (χ2n) is 5.38. The minimum Gasteiger partial charge on any atom is -0.550 e. The fourth-order valence-electron chi connectivity index (χ4n) is 2.27. The van der Waals surface area contributed by atoms with Gasteiger partial charge in [0, 0.05) is 24.3 Å². The number of thiazole rings is 1. The van der Waals surface area contributed by atoms with Crippen molar-refractivity contribution in [2.75, 3.05) is 13.2 Å². The Balaban J connectivity index is 1.91. The van der Waals surface area contributed by atoms with Crippen molar-refractivity contribution in [3.05, 3.63) is 39.8 Å². The van der Waals surface area contributed by atoms with Gasteiger partial charge < -0.3 is 24.7 Å². The lowest BCUT2D eigenvalue weighted by Gasteiger charge is -2.12. The second-order valence-corrected chi connectivity index (χ2v) is 6.32. The molecule has 2 rings (SSSR count). The van der Waals surface area contributed by atoms with Crippen molar-refractivity contribution in [3.8, 4) is 11.5 Å². The van der Waals surface area contributed by atoms with E-state index in [-0.39, 0.29) is 18.7 Å². The van der Waals surface area contributed by atoms with Gasteiger partial charge in [0.25, 0.3) is 0 Å². The number of carbonyl (C=O) groups excluding carboxylic acids is 2. The molecular formula is C18H21N2O5S-. The quantitative estimate of drug-likeness (QED) is 0.665. The summed E-state index contributed by atoms with van der Waals surface area (Å²) in [6, 6.07) is 5.54. The van der Waals surface area contributed by atoms with Crippen molar-refractivity contribution in [1.82, 2.24) is 10.3 Å². The minimum atomic E-state index is -1.19. The van der Waals surface area contributed by atoms with Crippen LogP contribution in [0.5, 0.6) is 11.5 Å². The lowest BCUT2D eigenvalue weighted by molar-refractivity contribution is -0.304. The lowest BCUT2D eigenvalue weighted by atomic mass is 10.2. The van der Waals surface area contributed by atoms with Gasteiger partial charge in [-0.15, -0.1) is 11.3 Å². The van der Waals surface area contributed by atoms with Crippen molar-refractivity contribution in [2.45, 2.75) is 33.2 Å². The molecule has 1 amide bonds. The number of amides is 1. The highest BCUT2D eigenvalue weighted by Gasteiger charge is 2.10. The van der Waals surface area contributed by atoms with E-state index in [9.17, 15) is 14.7 Å². The number of benzene rings is 1. The number of nitrogens with zero attached hydrogens (tertiary/aromatic N) is 1. The molecule has 0 saturated carbocycles. The average Bonchev–Trinajstić information content (AvgIpc) is 3.01. The topological polar surface area (TPSA) is 101 Å². The summed E-state index contributed by atoms with van der Waals surface area (Å²) in [5.74, 6) is -0.0568. The third kappa shape index (κ3) is 6.03. The van der Waals surface area contributed by atoms with Crippen LogP contribution in [-0.4, -0.2) is 30.1 Å². The number of carboxylic acids is 1. The summed E-state index contributed by atoms with van der Waals surface area (Å²) in [5.41, 5.74) is 1.30. The van der Waals surface area contributed by atoms with Crippen molar-refractivity contribution in [2.24, 2.45) is 0 Å². The summed E-state index contributed by atoms with van der Waals surface area (Å²) in [7, 11) is 0. The van der Waals surface area contributed by atoms with Crippen LogP contribution >= 0.6 is 11.3 Å². The van der Waals surface area contributed by atoms with E-state index in [0.717, 1.165) is 5.56 Å². The molecule has 0 radical (unpaired) electrons. The maximum absolute atomic E-state index is 12.1. The monoisotopic (exact) mass is 377 g/mol. The number of aliphatic carboxylic acids is 1. The number of hydrogen-bond acceptors (Lipinski definition) is 7. The van der Waals surface area contributed by atoms with Crippen LogP contribution in [0.4, 0.5) is 0 Å². The molecule has 1 N–H and O–H groups in total. The van der Waals surface area contributed by atoms with Gasteiger partial charge in [-0.2, -0.15) is 0 Å². The van der Waals surface area contributed by atoms with Crippen molar-refractivity contribution in [1.29, 1.82) is 0 Å². The van der Waals surface area contributed by atoms with Gasteiger partial charge >= 0.3 is 0 Å². The van der Waals surface area contributed by atoms with Crippen LogP contribution in [0.2, 0.25) is 0 Å². The number of nitrogens with one attached hydrogen (secondary N) is 1. The number of ether oxygens (including phenoxy) is 2. The Morgan fingerprint density at radius 2 is 1.88 bits per heavy atom. The Morgan fingerprint density at radius 1 is 1.15 bits per heavy atom. The maximum Gasteiger partial charge on any atom is 0.227 e. The first-order valence-electron chi connectivity index (χ1n) is 8.30. The lowest BCUT2D eigenvalue weighted by Crippen LogP contribution is -2.25. The molecule has 1 heterocycles. The van der Waals surface area contributed by atoms with Crippen molar-refractivity contribution < 1.29 is 24.2 Å². The Kier molecular flexibility index (Phi) is 7.40. The molecule has 26 heavy (non-hydrogen) atoms. The van der Waals surface area contributed by atoms with E-state index in [4.69, 9.17) is 9.47 Å².